The molecule has 1 aliphatic heterocycles. The summed E-state index contributed by atoms with van der Waals surface area (Å²) < 4.78 is 33.8. The number of fused-ring (bicyclic) bond motifs is 1. The van der Waals surface area contributed by atoms with Crippen molar-refractivity contribution in [3.8, 4) is 11.5 Å². The van der Waals surface area contributed by atoms with Crippen LogP contribution < -0.4 is 19.9 Å². The summed E-state index contributed by atoms with van der Waals surface area (Å²) in [5, 5.41) is 8.11. The fourth-order valence-corrected chi connectivity index (χ4v) is 3.95. The van der Waals surface area contributed by atoms with Crippen molar-refractivity contribution in [2.24, 2.45) is 5.14 Å². The Bertz CT molecular complexity index is 1020. The highest BCUT2D eigenvalue weighted by Gasteiger charge is 2.24. The Labute approximate surface area is 170 Å². The number of carbonyl (C=O) groups is 1. The molecule has 156 valence electrons. The predicted octanol–water partition coefficient (Wildman–Crippen LogP) is 2.18. The predicted molar refractivity (Wildman–Crippen MR) is 108 cm³/mol. The zero-order valence-electron chi connectivity index (χ0n) is 16.6. The highest BCUT2D eigenvalue weighted by atomic mass is 32.2. The van der Waals surface area contributed by atoms with Gasteiger partial charge in [0.15, 0.2) is 11.5 Å². The van der Waals surface area contributed by atoms with E-state index >= 15 is 0 Å². The Balaban J connectivity index is 1.72. The lowest BCUT2D eigenvalue weighted by atomic mass is 9.99. The number of amides is 2. The molecule has 0 saturated heterocycles. The fourth-order valence-electron chi connectivity index (χ4n) is 3.38. The summed E-state index contributed by atoms with van der Waals surface area (Å²) in [6, 6.07) is 9.50. The van der Waals surface area contributed by atoms with Crippen LogP contribution in [-0.4, -0.2) is 40.1 Å². The minimum absolute atomic E-state index is 0.0176. The zero-order chi connectivity index (χ0) is 21.2. The van der Waals surface area contributed by atoms with Gasteiger partial charge in [-0.2, -0.15) is 0 Å². The van der Waals surface area contributed by atoms with Crippen molar-refractivity contribution in [3.05, 3.63) is 53.1 Å². The largest absolute Gasteiger partial charge is 0.493 e. The van der Waals surface area contributed by atoms with E-state index < -0.39 is 10.0 Å². The van der Waals surface area contributed by atoms with Gasteiger partial charge < -0.3 is 19.7 Å². The molecule has 0 fully saturated rings. The van der Waals surface area contributed by atoms with Gasteiger partial charge in [-0.1, -0.05) is 12.1 Å². The highest BCUT2D eigenvalue weighted by molar-refractivity contribution is 7.89. The van der Waals surface area contributed by atoms with Gasteiger partial charge in [0.05, 0.1) is 25.2 Å². The first-order valence-electron chi connectivity index (χ1n) is 9.15. The van der Waals surface area contributed by atoms with Crippen LogP contribution in [0.2, 0.25) is 0 Å². The molecule has 1 heterocycles. The van der Waals surface area contributed by atoms with Gasteiger partial charge in [0.2, 0.25) is 10.0 Å². The van der Waals surface area contributed by atoms with Crippen LogP contribution in [0.3, 0.4) is 0 Å². The number of hydrogen-bond donors (Lipinski definition) is 2. The van der Waals surface area contributed by atoms with Gasteiger partial charge in [0.25, 0.3) is 0 Å². The lowest BCUT2D eigenvalue weighted by Gasteiger charge is -2.31. The molecule has 0 aliphatic carbocycles. The van der Waals surface area contributed by atoms with Crippen molar-refractivity contribution in [3.63, 3.8) is 0 Å². The van der Waals surface area contributed by atoms with E-state index in [4.69, 9.17) is 14.6 Å². The van der Waals surface area contributed by atoms with Gasteiger partial charge in [-0.05, 0) is 54.3 Å². The van der Waals surface area contributed by atoms with E-state index in [9.17, 15) is 13.2 Å². The number of sulfonamides is 1. The Hall–Kier alpha value is -2.78. The Morgan fingerprint density at radius 1 is 1.14 bits per heavy atom. The van der Waals surface area contributed by atoms with Gasteiger partial charge in [0.1, 0.15) is 0 Å². The van der Waals surface area contributed by atoms with Crippen molar-refractivity contribution in [2.75, 3.05) is 20.8 Å². The number of nitrogens with one attached hydrogen (secondary N) is 1. The smallest absolute Gasteiger partial charge is 0.318 e. The first kappa shape index (κ1) is 20.9. The van der Waals surface area contributed by atoms with E-state index in [0.717, 1.165) is 11.1 Å². The molecule has 0 saturated carbocycles. The first-order valence-corrected chi connectivity index (χ1v) is 10.7. The molecule has 8 nitrogen and oxygen atoms in total. The molecule has 1 aliphatic rings. The second-order valence-electron chi connectivity index (χ2n) is 6.94. The van der Waals surface area contributed by atoms with Crippen LogP contribution in [-0.2, 0) is 23.0 Å². The second-order valence-corrected chi connectivity index (χ2v) is 8.50. The molecule has 2 amide bonds. The molecule has 2 aromatic carbocycles. The standard InChI is InChI=1S/C20H25N3O5S/c1-13(14-5-4-6-17(9-14)29(21,25)26)22-20(24)23-8-7-15-10-18(27-2)19(28-3)11-16(15)12-23/h4-6,9-11,13H,7-8,12H2,1-3H3,(H,22,24)(H2,21,25,26)/t13-/m1/s1. The van der Waals surface area contributed by atoms with Crippen LogP contribution in [0.1, 0.15) is 29.7 Å². The average Bonchev–Trinajstić information content (AvgIpc) is 2.71. The summed E-state index contributed by atoms with van der Waals surface area (Å²) in [4.78, 5) is 14.5. The first-order chi connectivity index (χ1) is 13.7. The molecule has 0 bridgehead atoms. The van der Waals surface area contributed by atoms with Crippen LogP contribution in [0.5, 0.6) is 11.5 Å². The number of rotatable bonds is 5. The fraction of sp³-hybridized carbons (Fsp3) is 0.350. The van der Waals surface area contributed by atoms with E-state index in [0.29, 0.717) is 36.6 Å². The van der Waals surface area contributed by atoms with Gasteiger partial charge >= 0.3 is 6.03 Å². The lowest BCUT2D eigenvalue weighted by molar-refractivity contribution is 0.189. The molecule has 9 heteroatoms. The number of carbonyl (C=O) groups excluding carboxylic acids is 1. The summed E-state index contributed by atoms with van der Waals surface area (Å²) in [5.41, 5.74) is 2.79. The van der Waals surface area contributed by atoms with E-state index in [1.54, 1.807) is 38.2 Å². The van der Waals surface area contributed by atoms with Gasteiger partial charge in [-0.3, -0.25) is 0 Å². The van der Waals surface area contributed by atoms with E-state index in [2.05, 4.69) is 5.32 Å². The Morgan fingerprint density at radius 3 is 2.41 bits per heavy atom. The molecular weight excluding hydrogens is 394 g/mol. The molecule has 1 atom stereocenters. The summed E-state index contributed by atoms with van der Waals surface area (Å²) >= 11 is 0. The topological polar surface area (TPSA) is 111 Å². The molecule has 0 spiro atoms. The van der Waals surface area contributed by atoms with E-state index in [-0.39, 0.29) is 17.0 Å². The third-order valence-corrected chi connectivity index (χ3v) is 5.94. The number of hydrogen-bond acceptors (Lipinski definition) is 5. The monoisotopic (exact) mass is 419 g/mol. The molecule has 3 N–H and O–H groups in total. The molecule has 0 unspecified atom stereocenters. The lowest BCUT2D eigenvalue weighted by Crippen LogP contribution is -2.43. The van der Waals surface area contributed by atoms with Gasteiger partial charge in [-0.25, -0.2) is 18.4 Å². The van der Waals surface area contributed by atoms with Crippen LogP contribution in [0.4, 0.5) is 4.79 Å². The SMILES string of the molecule is COc1cc2c(cc1OC)CN(C(=O)N[C@H](C)c1cccc(S(N)(=O)=O)c1)CC2. The average molecular weight is 420 g/mol. The van der Waals surface area contributed by atoms with Crippen LogP contribution in [0.15, 0.2) is 41.3 Å². The quantitative estimate of drug-likeness (QED) is 0.772. The number of benzene rings is 2. The van der Waals surface area contributed by atoms with Crippen LogP contribution in [0, 0.1) is 0 Å². The third kappa shape index (κ3) is 4.63. The minimum atomic E-state index is -3.80. The van der Waals surface area contributed by atoms with E-state index in [1.165, 1.54) is 12.1 Å². The van der Waals surface area contributed by atoms with Gasteiger partial charge in [-0.15, -0.1) is 0 Å². The Morgan fingerprint density at radius 2 is 1.79 bits per heavy atom. The molecule has 3 rings (SSSR count). The van der Waals surface area contributed by atoms with Crippen molar-refractivity contribution in [2.45, 2.75) is 30.8 Å². The van der Waals surface area contributed by atoms with Crippen molar-refractivity contribution >= 4 is 16.1 Å². The van der Waals surface area contributed by atoms with Crippen LogP contribution >= 0.6 is 0 Å². The van der Waals surface area contributed by atoms with Gasteiger partial charge in [0, 0.05) is 13.1 Å². The summed E-state index contributed by atoms with van der Waals surface area (Å²) in [7, 11) is -0.624. The number of nitrogens with two attached hydrogens (primary N) is 1. The third-order valence-electron chi connectivity index (χ3n) is 5.03. The molecular formula is C20H25N3O5S. The maximum Gasteiger partial charge on any atom is 0.318 e. The number of nitrogens with zero attached hydrogens (tertiary/aromatic N) is 1. The summed E-state index contributed by atoms with van der Waals surface area (Å²) in [6.07, 6.45) is 0.707. The molecule has 2 aromatic rings. The number of ether oxygens (including phenoxy) is 2. The highest BCUT2D eigenvalue weighted by Crippen LogP contribution is 2.33. The zero-order valence-corrected chi connectivity index (χ0v) is 17.5. The summed E-state index contributed by atoms with van der Waals surface area (Å²) in [6.45, 7) is 2.82. The van der Waals surface area contributed by atoms with Crippen molar-refractivity contribution in [1.29, 1.82) is 0 Å². The summed E-state index contributed by atoms with van der Waals surface area (Å²) in [5.74, 6) is 1.30. The maximum absolute atomic E-state index is 12.8. The number of methoxy groups -OCH3 is 2. The normalized spacial score (nSPS) is 14.7. The molecule has 29 heavy (non-hydrogen) atoms. The van der Waals surface area contributed by atoms with Crippen LogP contribution in [0.25, 0.3) is 0 Å². The Kier molecular flexibility index (Phi) is 5.99. The van der Waals surface area contributed by atoms with Crippen molar-refractivity contribution < 1.29 is 22.7 Å². The molecule has 0 radical (unpaired) electrons. The van der Waals surface area contributed by atoms with E-state index in [1.807, 2.05) is 12.1 Å². The molecule has 0 aromatic heterocycles. The minimum Gasteiger partial charge on any atom is -0.493 e. The van der Waals surface area contributed by atoms with Crippen molar-refractivity contribution in [1.82, 2.24) is 10.2 Å². The maximum atomic E-state index is 12.8. The second kappa shape index (κ2) is 8.30. The number of urea groups is 1. The number of primary sulfonamides is 1.